The van der Waals surface area contributed by atoms with Crippen LogP contribution in [0.2, 0.25) is 10.0 Å². The third-order valence-electron chi connectivity index (χ3n) is 1.84. The van der Waals surface area contributed by atoms with Crippen LogP contribution in [0, 0.1) is 0 Å². The molecule has 2 rings (SSSR count). The van der Waals surface area contributed by atoms with Gasteiger partial charge in [-0.05, 0) is 28.1 Å². The van der Waals surface area contributed by atoms with Crippen LogP contribution in [0.3, 0.4) is 0 Å². The van der Waals surface area contributed by atoms with Crippen molar-refractivity contribution in [2.75, 3.05) is 0 Å². The quantitative estimate of drug-likeness (QED) is 0.796. The van der Waals surface area contributed by atoms with E-state index in [2.05, 4.69) is 20.9 Å². The molecule has 1 N–H and O–H groups in total. The van der Waals surface area contributed by atoms with Gasteiger partial charge in [-0.1, -0.05) is 23.2 Å². The molecule has 0 spiro atoms. The van der Waals surface area contributed by atoms with E-state index < -0.39 is 0 Å². The van der Waals surface area contributed by atoms with Crippen molar-refractivity contribution in [3.05, 3.63) is 32.8 Å². The summed E-state index contributed by atoms with van der Waals surface area (Å²) in [5.41, 5.74) is 0.611. The van der Waals surface area contributed by atoms with Crippen molar-refractivity contribution in [2.45, 2.75) is 0 Å². The molecular weight excluding hydrogens is 289 g/mol. The zero-order chi connectivity index (χ0) is 10.3. The van der Waals surface area contributed by atoms with Gasteiger partial charge in [0.1, 0.15) is 10.8 Å². The van der Waals surface area contributed by atoms with Gasteiger partial charge in [0, 0.05) is 16.1 Å². The molecule has 14 heavy (non-hydrogen) atoms. The Hall–Kier alpha value is -0.510. The average Bonchev–Trinajstić information content (AvgIpc) is 2.15. The molecule has 0 aliphatic heterocycles. The number of halogens is 3. The highest BCUT2D eigenvalue weighted by Gasteiger charge is 2.08. The zero-order valence-corrected chi connectivity index (χ0v) is 9.86. The van der Waals surface area contributed by atoms with Crippen molar-refractivity contribution in [1.29, 1.82) is 0 Å². The number of hydrogen-bond donors (Lipinski definition) is 1. The van der Waals surface area contributed by atoms with Gasteiger partial charge in [-0.15, -0.1) is 0 Å². The second-order valence-electron chi connectivity index (χ2n) is 2.74. The van der Waals surface area contributed by atoms with E-state index in [4.69, 9.17) is 23.2 Å². The minimum absolute atomic E-state index is 0.0223. The van der Waals surface area contributed by atoms with Gasteiger partial charge in [0.2, 0.25) is 0 Å². The Morgan fingerprint density at radius 3 is 2.64 bits per heavy atom. The largest absolute Gasteiger partial charge is 0.506 e. The van der Waals surface area contributed by atoms with Crippen molar-refractivity contribution in [2.24, 2.45) is 0 Å². The number of rotatable bonds is 0. The molecule has 0 saturated carbocycles. The number of benzene rings is 1. The summed E-state index contributed by atoms with van der Waals surface area (Å²) < 4.78 is 0.700. The van der Waals surface area contributed by atoms with Gasteiger partial charge < -0.3 is 5.11 Å². The van der Waals surface area contributed by atoms with Crippen LogP contribution in [-0.4, -0.2) is 10.1 Å². The first-order valence-corrected chi connectivity index (χ1v) is 5.26. The summed E-state index contributed by atoms with van der Waals surface area (Å²) in [4.78, 5) is 4.05. The van der Waals surface area contributed by atoms with Crippen LogP contribution in [0.25, 0.3) is 10.9 Å². The molecule has 0 aliphatic carbocycles. The molecule has 1 heterocycles. The van der Waals surface area contributed by atoms with Gasteiger partial charge in [-0.3, -0.25) is 4.98 Å². The van der Waals surface area contributed by atoms with Crippen LogP contribution in [-0.2, 0) is 0 Å². The van der Waals surface area contributed by atoms with Gasteiger partial charge >= 0.3 is 0 Å². The van der Waals surface area contributed by atoms with Crippen LogP contribution < -0.4 is 0 Å². The number of aromatic hydroxyl groups is 1. The normalized spacial score (nSPS) is 10.8. The third-order valence-corrected chi connectivity index (χ3v) is 3.31. The van der Waals surface area contributed by atoms with Crippen molar-refractivity contribution >= 4 is 50.0 Å². The van der Waals surface area contributed by atoms with Crippen LogP contribution >= 0.6 is 39.1 Å². The molecule has 0 unspecified atom stereocenters. The first-order valence-electron chi connectivity index (χ1n) is 3.72. The number of fused-ring (bicyclic) bond motifs is 1. The van der Waals surface area contributed by atoms with E-state index in [9.17, 15) is 5.11 Å². The Morgan fingerprint density at radius 1 is 1.21 bits per heavy atom. The Kier molecular flexibility index (Phi) is 2.56. The number of aromatic nitrogens is 1. The summed E-state index contributed by atoms with van der Waals surface area (Å²) in [6, 6.07) is 3.35. The van der Waals surface area contributed by atoms with Gasteiger partial charge in [-0.25, -0.2) is 0 Å². The lowest BCUT2D eigenvalue weighted by Gasteiger charge is -2.03. The summed E-state index contributed by atoms with van der Waals surface area (Å²) in [5, 5.41) is 11.0. The summed E-state index contributed by atoms with van der Waals surface area (Å²) in [6.07, 6.45) is 1.39. The molecule has 0 aliphatic rings. The fourth-order valence-electron chi connectivity index (χ4n) is 1.15. The molecular formula is C9H4BrCl2NO. The molecule has 0 atom stereocenters. The van der Waals surface area contributed by atoms with Gasteiger partial charge in [-0.2, -0.15) is 0 Å². The number of hydrogen-bond acceptors (Lipinski definition) is 2. The SMILES string of the molecule is Oc1c(Cl)cnc2cc(Cl)c(Br)cc12. The topological polar surface area (TPSA) is 33.1 Å². The maximum absolute atomic E-state index is 9.64. The van der Waals surface area contributed by atoms with E-state index in [0.29, 0.717) is 20.4 Å². The molecule has 0 fully saturated rings. The minimum Gasteiger partial charge on any atom is -0.506 e. The fraction of sp³-hybridized carbons (Fsp3) is 0. The van der Waals surface area contributed by atoms with E-state index in [1.807, 2.05) is 0 Å². The molecule has 2 aromatic rings. The molecule has 0 bridgehead atoms. The molecule has 0 radical (unpaired) electrons. The van der Waals surface area contributed by atoms with Crippen LogP contribution in [0.15, 0.2) is 22.8 Å². The molecule has 1 aromatic heterocycles. The Bertz CT molecular complexity index is 516. The Balaban J connectivity index is 2.89. The third kappa shape index (κ3) is 1.56. The highest BCUT2D eigenvalue weighted by molar-refractivity contribution is 9.10. The highest BCUT2D eigenvalue weighted by atomic mass is 79.9. The van der Waals surface area contributed by atoms with E-state index in [-0.39, 0.29) is 10.8 Å². The van der Waals surface area contributed by atoms with Crippen molar-refractivity contribution in [3.63, 3.8) is 0 Å². The second-order valence-corrected chi connectivity index (χ2v) is 4.41. The van der Waals surface area contributed by atoms with E-state index in [1.54, 1.807) is 12.1 Å². The Labute approximate surface area is 98.6 Å². The average molecular weight is 293 g/mol. The first kappa shape index (κ1) is 10.0. The molecule has 0 saturated heterocycles. The smallest absolute Gasteiger partial charge is 0.145 e. The van der Waals surface area contributed by atoms with E-state index in [1.165, 1.54) is 6.20 Å². The minimum atomic E-state index is 0.0223. The zero-order valence-electron chi connectivity index (χ0n) is 6.76. The van der Waals surface area contributed by atoms with Crippen molar-refractivity contribution < 1.29 is 5.11 Å². The summed E-state index contributed by atoms with van der Waals surface area (Å²) in [7, 11) is 0. The maximum atomic E-state index is 9.64. The maximum Gasteiger partial charge on any atom is 0.145 e. The lowest BCUT2D eigenvalue weighted by molar-refractivity contribution is 0.481. The van der Waals surface area contributed by atoms with Crippen molar-refractivity contribution in [1.82, 2.24) is 4.98 Å². The number of pyridine rings is 1. The van der Waals surface area contributed by atoms with Gasteiger partial charge in [0.15, 0.2) is 0 Å². The molecule has 0 amide bonds. The second kappa shape index (κ2) is 3.57. The Morgan fingerprint density at radius 2 is 1.93 bits per heavy atom. The summed E-state index contributed by atoms with van der Waals surface area (Å²) in [5.74, 6) is 0.0223. The highest BCUT2D eigenvalue weighted by Crippen LogP contribution is 2.35. The number of nitrogens with zero attached hydrogens (tertiary/aromatic N) is 1. The van der Waals surface area contributed by atoms with Gasteiger partial charge in [0.25, 0.3) is 0 Å². The van der Waals surface area contributed by atoms with Crippen LogP contribution in [0.1, 0.15) is 0 Å². The van der Waals surface area contributed by atoms with Crippen molar-refractivity contribution in [3.8, 4) is 5.75 Å². The predicted molar refractivity (Wildman–Crippen MR) is 61.1 cm³/mol. The first-order chi connectivity index (χ1) is 6.59. The van der Waals surface area contributed by atoms with Crippen LogP contribution in [0.5, 0.6) is 5.75 Å². The van der Waals surface area contributed by atoms with Gasteiger partial charge in [0.05, 0.1) is 10.5 Å². The fourth-order valence-corrected chi connectivity index (χ4v) is 1.80. The lowest BCUT2D eigenvalue weighted by Crippen LogP contribution is -1.81. The standard InChI is InChI=1S/C9H4BrCl2NO/c10-5-1-4-8(2-6(5)11)13-3-7(12)9(4)14/h1-3H,(H,13,14). The summed E-state index contributed by atoms with van der Waals surface area (Å²) in [6.45, 7) is 0. The molecule has 1 aromatic carbocycles. The molecule has 5 heteroatoms. The predicted octanol–water partition coefficient (Wildman–Crippen LogP) is 4.01. The van der Waals surface area contributed by atoms with Crippen LogP contribution in [0.4, 0.5) is 0 Å². The lowest BCUT2D eigenvalue weighted by atomic mass is 10.2. The molecule has 2 nitrogen and oxygen atoms in total. The molecule has 72 valence electrons. The van der Waals surface area contributed by atoms with E-state index >= 15 is 0 Å². The monoisotopic (exact) mass is 291 g/mol. The summed E-state index contributed by atoms with van der Waals surface area (Å²) >= 11 is 14.9. The van der Waals surface area contributed by atoms with E-state index in [0.717, 1.165) is 0 Å².